The van der Waals surface area contributed by atoms with Gasteiger partial charge < -0.3 is 9.26 Å². The summed E-state index contributed by atoms with van der Waals surface area (Å²) in [5.41, 5.74) is 2.65. The molecular formula is C14H14N2O4. The van der Waals surface area contributed by atoms with Gasteiger partial charge in [-0.2, -0.15) is 0 Å². The van der Waals surface area contributed by atoms with Crippen LogP contribution in [0.4, 0.5) is 5.88 Å². The standard InChI is InChI=1S/C14H14N2O4/c1-9-3-5-11(6-4-9)12-7-14(20-16-12)15-13(18)8-19-10(2)17/h3-7H,8H2,1-2H3,(H,15,18). The van der Waals surface area contributed by atoms with Gasteiger partial charge in [0.1, 0.15) is 5.69 Å². The lowest BCUT2D eigenvalue weighted by Gasteiger charge is -2.00. The van der Waals surface area contributed by atoms with Crippen molar-refractivity contribution in [3.8, 4) is 11.3 Å². The van der Waals surface area contributed by atoms with Crippen molar-refractivity contribution in [3.05, 3.63) is 35.9 Å². The van der Waals surface area contributed by atoms with Gasteiger partial charge in [-0.25, -0.2) is 0 Å². The third-order valence-corrected chi connectivity index (χ3v) is 2.53. The molecule has 0 bridgehead atoms. The highest BCUT2D eigenvalue weighted by molar-refractivity contribution is 5.91. The number of aryl methyl sites for hydroxylation is 1. The molecular weight excluding hydrogens is 260 g/mol. The number of ether oxygens (including phenoxy) is 1. The highest BCUT2D eigenvalue weighted by atomic mass is 16.5. The molecule has 1 aromatic heterocycles. The number of hydrogen-bond donors (Lipinski definition) is 1. The van der Waals surface area contributed by atoms with Crippen LogP contribution >= 0.6 is 0 Å². The topological polar surface area (TPSA) is 81.4 Å². The maximum absolute atomic E-state index is 11.4. The zero-order valence-electron chi connectivity index (χ0n) is 11.2. The summed E-state index contributed by atoms with van der Waals surface area (Å²) in [6.45, 7) is 2.88. The molecule has 2 rings (SSSR count). The first-order valence-corrected chi connectivity index (χ1v) is 6.01. The smallest absolute Gasteiger partial charge is 0.303 e. The summed E-state index contributed by atoms with van der Waals surface area (Å²) in [6.07, 6.45) is 0. The van der Waals surface area contributed by atoms with Crippen molar-refractivity contribution >= 4 is 17.8 Å². The molecule has 20 heavy (non-hydrogen) atoms. The van der Waals surface area contributed by atoms with Crippen molar-refractivity contribution < 1.29 is 18.8 Å². The maximum Gasteiger partial charge on any atom is 0.303 e. The lowest BCUT2D eigenvalue weighted by atomic mass is 10.1. The van der Waals surface area contributed by atoms with Crippen LogP contribution in [-0.4, -0.2) is 23.6 Å². The molecule has 104 valence electrons. The lowest BCUT2D eigenvalue weighted by Crippen LogP contribution is -2.19. The minimum absolute atomic E-state index is 0.206. The normalized spacial score (nSPS) is 10.1. The molecule has 1 amide bonds. The highest BCUT2D eigenvalue weighted by Gasteiger charge is 2.10. The van der Waals surface area contributed by atoms with Crippen LogP contribution in [0.15, 0.2) is 34.9 Å². The average molecular weight is 274 g/mol. The van der Waals surface area contributed by atoms with Crippen LogP contribution in [-0.2, 0) is 14.3 Å². The number of amides is 1. The van der Waals surface area contributed by atoms with E-state index in [1.54, 1.807) is 6.07 Å². The second-order valence-electron chi connectivity index (χ2n) is 4.27. The Morgan fingerprint density at radius 2 is 2.00 bits per heavy atom. The van der Waals surface area contributed by atoms with Crippen LogP contribution in [0.25, 0.3) is 11.3 Å². The fourth-order valence-corrected chi connectivity index (χ4v) is 1.54. The van der Waals surface area contributed by atoms with Crippen molar-refractivity contribution in [1.82, 2.24) is 5.16 Å². The number of anilines is 1. The Hall–Kier alpha value is -2.63. The molecule has 0 unspecified atom stereocenters. The first-order valence-electron chi connectivity index (χ1n) is 6.01. The van der Waals surface area contributed by atoms with E-state index in [0.29, 0.717) is 5.69 Å². The summed E-state index contributed by atoms with van der Waals surface area (Å²) < 4.78 is 9.57. The number of nitrogens with one attached hydrogen (secondary N) is 1. The Bertz CT molecular complexity index is 616. The van der Waals surface area contributed by atoms with Crippen LogP contribution in [0.5, 0.6) is 0 Å². The predicted molar refractivity (Wildman–Crippen MR) is 71.9 cm³/mol. The Morgan fingerprint density at radius 3 is 2.65 bits per heavy atom. The monoisotopic (exact) mass is 274 g/mol. The number of aromatic nitrogens is 1. The second-order valence-corrected chi connectivity index (χ2v) is 4.27. The van der Waals surface area contributed by atoms with Gasteiger partial charge >= 0.3 is 5.97 Å². The quantitative estimate of drug-likeness (QED) is 0.864. The SMILES string of the molecule is CC(=O)OCC(=O)Nc1cc(-c2ccc(C)cc2)no1. The Balaban J connectivity index is 2.00. The summed E-state index contributed by atoms with van der Waals surface area (Å²) in [6, 6.07) is 9.36. The number of nitrogens with zero attached hydrogens (tertiary/aromatic N) is 1. The van der Waals surface area contributed by atoms with E-state index in [9.17, 15) is 9.59 Å². The third-order valence-electron chi connectivity index (χ3n) is 2.53. The van der Waals surface area contributed by atoms with Crippen LogP contribution < -0.4 is 5.32 Å². The molecule has 1 heterocycles. The molecule has 0 aliphatic heterocycles. The van der Waals surface area contributed by atoms with Gasteiger partial charge in [-0.15, -0.1) is 0 Å². The van der Waals surface area contributed by atoms with E-state index in [-0.39, 0.29) is 12.5 Å². The Labute approximate surface area is 115 Å². The van der Waals surface area contributed by atoms with Crippen molar-refractivity contribution in [2.24, 2.45) is 0 Å². The summed E-state index contributed by atoms with van der Waals surface area (Å²) in [5, 5.41) is 6.32. The fraction of sp³-hybridized carbons (Fsp3) is 0.214. The van der Waals surface area contributed by atoms with Gasteiger partial charge in [0.15, 0.2) is 6.61 Å². The van der Waals surface area contributed by atoms with E-state index in [1.807, 2.05) is 31.2 Å². The van der Waals surface area contributed by atoms with Crippen molar-refractivity contribution in [2.45, 2.75) is 13.8 Å². The predicted octanol–water partition coefficient (Wildman–Crippen LogP) is 2.15. The van der Waals surface area contributed by atoms with Gasteiger partial charge in [0.05, 0.1) is 0 Å². The number of rotatable bonds is 4. The van der Waals surface area contributed by atoms with Crippen LogP contribution in [0.2, 0.25) is 0 Å². The van der Waals surface area contributed by atoms with Crippen LogP contribution in [0.1, 0.15) is 12.5 Å². The molecule has 0 fully saturated rings. The largest absolute Gasteiger partial charge is 0.456 e. The van der Waals surface area contributed by atoms with Crippen LogP contribution in [0.3, 0.4) is 0 Å². The van der Waals surface area contributed by atoms with Gasteiger partial charge in [-0.3, -0.25) is 14.9 Å². The van der Waals surface area contributed by atoms with Gasteiger partial charge in [-0.1, -0.05) is 35.0 Å². The fourth-order valence-electron chi connectivity index (χ4n) is 1.54. The molecule has 0 atom stereocenters. The van der Waals surface area contributed by atoms with Gasteiger partial charge in [-0.05, 0) is 6.92 Å². The summed E-state index contributed by atoms with van der Waals surface area (Å²) in [5.74, 6) is -0.789. The van der Waals surface area contributed by atoms with Crippen LogP contribution in [0, 0.1) is 6.92 Å². The summed E-state index contributed by atoms with van der Waals surface area (Å²) in [4.78, 5) is 22.0. The van der Waals surface area contributed by atoms with Gasteiger partial charge in [0.2, 0.25) is 5.88 Å². The second kappa shape index (κ2) is 6.01. The van der Waals surface area contributed by atoms with E-state index < -0.39 is 11.9 Å². The molecule has 1 N–H and O–H groups in total. The minimum Gasteiger partial charge on any atom is -0.456 e. The minimum atomic E-state index is -0.516. The maximum atomic E-state index is 11.4. The number of benzene rings is 1. The zero-order valence-corrected chi connectivity index (χ0v) is 11.2. The summed E-state index contributed by atoms with van der Waals surface area (Å²) in [7, 11) is 0. The Morgan fingerprint density at radius 1 is 1.30 bits per heavy atom. The molecule has 0 saturated heterocycles. The molecule has 0 spiro atoms. The third kappa shape index (κ3) is 3.68. The molecule has 0 radical (unpaired) electrons. The zero-order chi connectivity index (χ0) is 14.5. The first-order chi connectivity index (χ1) is 9.54. The van der Waals surface area contributed by atoms with E-state index in [2.05, 4.69) is 15.2 Å². The van der Waals surface area contributed by atoms with E-state index in [0.717, 1.165) is 11.1 Å². The van der Waals surface area contributed by atoms with E-state index in [4.69, 9.17) is 4.52 Å². The molecule has 0 saturated carbocycles. The van der Waals surface area contributed by atoms with Crippen molar-refractivity contribution in [1.29, 1.82) is 0 Å². The number of carbonyl (C=O) groups excluding carboxylic acids is 2. The molecule has 6 nitrogen and oxygen atoms in total. The molecule has 0 aliphatic carbocycles. The van der Waals surface area contributed by atoms with E-state index in [1.165, 1.54) is 6.92 Å². The number of esters is 1. The average Bonchev–Trinajstić information content (AvgIpc) is 2.85. The van der Waals surface area contributed by atoms with Gasteiger partial charge in [0.25, 0.3) is 5.91 Å². The highest BCUT2D eigenvalue weighted by Crippen LogP contribution is 2.21. The van der Waals surface area contributed by atoms with E-state index >= 15 is 0 Å². The Kier molecular flexibility index (Phi) is 4.14. The number of hydrogen-bond acceptors (Lipinski definition) is 5. The number of carbonyl (C=O) groups is 2. The molecule has 2 aromatic rings. The molecule has 0 aliphatic rings. The van der Waals surface area contributed by atoms with Crippen molar-refractivity contribution in [3.63, 3.8) is 0 Å². The van der Waals surface area contributed by atoms with Gasteiger partial charge in [0, 0.05) is 18.6 Å². The molecule has 6 heteroatoms. The van der Waals surface area contributed by atoms with Crippen molar-refractivity contribution in [2.75, 3.05) is 11.9 Å². The lowest BCUT2D eigenvalue weighted by molar-refractivity contribution is -0.145. The molecule has 1 aromatic carbocycles. The summed E-state index contributed by atoms with van der Waals surface area (Å²) >= 11 is 0. The first kappa shape index (κ1) is 13.8.